The predicted molar refractivity (Wildman–Crippen MR) is 174 cm³/mol. The average Bonchev–Trinajstić information content (AvgIpc) is 3.32. The number of aliphatic hydroxyl groups excluding tert-OH is 1. The van der Waals surface area contributed by atoms with Gasteiger partial charge in [0.1, 0.15) is 11.7 Å². The molecule has 5 nitrogen and oxygen atoms in total. The van der Waals surface area contributed by atoms with Crippen LogP contribution in [0.5, 0.6) is 0 Å². The molecule has 0 aromatic carbocycles. The molecule has 0 saturated carbocycles. The first-order valence-corrected chi connectivity index (χ1v) is 16.5. The zero-order valence-electron chi connectivity index (χ0n) is 27.0. The predicted octanol–water partition coefficient (Wildman–Crippen LogP) is 9.42. The van der Waals surface area contributed by atoms with Gasteiger partial charge >= 0.3 is 0 Å². The second kappa shape index (κ2) is 18.0. The Balaban J connectivity index is 0.000000762. The molecule has 0 spiro atoms. The van der Waals surface area contributed by atoms with Gasteiger partial charge in [0.05, 0.1) is 24.4 Å². The van der Waals surface area contributed by atoms with E-state index in [0.29, 0.717) is 18.3 Å². The van der Waals surface area contributed by atoms with Crippen LogP contribution in [0.4, 0.5) is 8.78 Å². The van der Waals surface area contributed by atoms with Gasteiger partial charge in [0, 0.05) is 22.9 Å². The van der Waals surface area contributed by atoms with Crippen molar-refractivity contribution < 1.29 is 32.8 Å². The van der Waals surface area contributed by atoms with Gasteiger partial charge in [0.15, 0.2) is 11.6 Å². The fourth-order valence-electron chi connectivity index (χ4n) is 4.76. The van der Waals surface area contributed by atoms with Gasteiger partial charge in [0.2, 0.25) is 0 Å². The Kier molecular flexibility index (Phi) is 17.9. The summed E-state index contributed by atoms with van der Waals surface area (Å²) < 4.78 is 53.2. The summed E-state index contributed by atoms with van der Waals surface area (Å²) >= 11 is 2.32. The highest BCUT2D eigenvalue weighted by molar-refractivity contribution is 14.1. The number of rotatable bonds is 12. The first-order valence-electron chi connectivity index (χ1n) is 15.0. The largest absolute Gasteiger partial charge is 0.396 e. The molecular weight excluding hydrogens is 641 g/mol. The van der Waals surface area contributed by atoms with E-state index in [4.69, 9.17) is 24.1 Å². The van der Waals surface area contributed by atoms with Crippen molar-refractivity contribution in [2.75, 3.05) is 11.0 Å². The maximum Gasteiger partial charge on any atom is 0.163 e. The Labute approximate surface area is 264 Å². The number of hydrogen-bond acceptors (Lipinski definition) is 5. The maximum atomic E-state index is 14.4. The molecule has 2 rings (SSSR count). The molecule has 1 N–H and O–H groups in total. The summed E-state index contributed by atoms with van der Waals surface area (Å²) in [5.74, 6) is -0.924. The summed E-state index contributed by atoms with van der Waals surface area (Å²) in [4.78, 5) is 0. The zero-order valence-corrected chi connectivity index (χ0v) is 29.1. The number of alkyl halides is 1. The SMILES string of the molecule is C.CC(C)[C@H](C)/C=C(/F)C(C)[C@H]1OC(C)(C)O[C@H]1CCI.CC(C)[C@H](C)/C=C(/F)C(C)[C@H]1OC(C)(C)O[C@H]1CCO. The van der Waals surface area contributed by atoms with Crippen LogP contribution >= 0.6 is 22.6 Å². The molecule has 2 aliphatic rings. The summed E-state index contributed by atoms with van der Waals surface area (Å²) in [5.41, 5.74) is 0. The Bertz CT molecular complexity index is 747. The normalized spacial score (nSPS) is 29.0. The highest BCUT2D eigenvalue weighted by atomic mass is 127. The quantitative estimate of drug-likeness (QED) is 0.162. The molecule has 244 valence electrons. The number of hydrogen-bond donors (Lipinski definition) is 1. The number of allylic oxidation sites excluding steroid dienone is 2. The summed E-state index contributed by atoms with van der Waals surface area (Å²) in [6.07, 6.45) is 3.94. The van der Waals surface area contributed by atoms with Crippen LogP contribution < -0.4 is 0 Å². The van der Waals surface area contributed by atoms with Crippen LogP contribution in [0, 0.1) is 35.5 Å². The second-order valence-corrected chi connectivity index (χ2v) is 14.2. The standard InChI is InChI=1S/C16H28FIO2.C16H29FO3.CH4/c2*1-10(2)11(3)9-13(17)12(4)15-14(7-8-18)19-16(5,6)20-15;/h9-12,14-15H,7-8H2,1-6H3;9-12,14-15,18H,7-8H2,1-6H3;1H4/b2*13-9+;/t2*11-,12?,14+,15-;/m11./s1. The lowest BCUT2D eigenvalue weighted by atomic mass is 9.92. The van der Waals surface area contributed by atoms with Gasteiger partial charge in [0.25, 0.3) is 0 Å². The van der Waals surface area contributed by atoms with Crippen LogP contribution in [0.2, 0.25) is 0 Å². The van der Waals surface area contributed by atoms with Gasteiger partial charge in [-0.2, -0.15) is 0 Å². The molecule has 8 heteroatoms. The van der Waals surface area contributed by atoms with Crippen LogP contribution in [0.25, 0.3) is 0 Å². The van der Waals surface area contributed by atoms with E-state index in [0.717, 1.165) is 10.8 Å². The van der Waals surface area contributed by atoms with E-state index in [2.05, 4.69) is 57.2 Å². The van der Waals surface area contributed by atoms with E-state index in [1.165, 1.54) is 0 Å². The van der Waals surface area contributed by atoms with Crippen LogP contribution in [0.15, 0.2) is 23.8 Å². The molecule has 2 saturated heterocycles. The van der Waals surface area contributed by atoms with E-state index < -0.39 is 11.6 Å². The van der Waals surface area contributed by atoms with E-state index in [1.54, 1.807) is 12.2 Å². The number of halogens is 3. The molecule has 8 atom stereocenters. The van der Waals surface area contributed by atoms with Crippen molar-refractivity contribution in [3.63, 3.8) is 0 Å². The van der Waals surface area contributed by atoms with Gasteiger partial charge in [-0.25, -0.2) is 8.78 Å². The van der Waals surface area contributed by atoms with Gasteiger partial charge < -0.3 is 24.1 Å². The molecule has 2 aliphatic heterocycles. The van der Waals surface area contributed by atoms with Crippen molar-refractivity contribution in [2.24, 2.45) is 35.5 Å². The zero-order chi connectivity index (χ0) is 31.0. The molecule has 2 heterocycles. The molecule has 2 fully saturated rings. The van der Waals surface area contributed by atoms with Gasteiger partial charge in [-0.05, 0) is 76.4 Å². The summed E-state index contributed by atoms with van der Waals surface area (Å²) in [7, 11) is 0. The molecule has 2 unspecified atom stereocenters. The summed E-state index contributed by atoms with van der Waals surface area (Å²) in [5, 5.41) is 9.11. The van der Waals surface area contributed by atoms with E-state index >= 15 is 0 Å². The maximum absolute atomic E-state index is 14.4. The summed E-state index contributed by atoms with van der Waals surface area (Å²) in [6.45, 7) is 23.6. The molecule has 0 bridgehead atoms. The molecule has 0 aromatic rings. The Morgan fingerprint density at radius 3 is 1.34 bits per heavy atom. The molecule has 41 heavy (non-hydrogen) atoms. The van der Waals surface area contributed by atoms with Crippen molar-refractivity contribution in [1.29, 1.82) is 0 Å². The van der Waals surface area contributed by atoms with Crippen molar-refractivity contribution in [1.82, 2.24) is 0 Å². The highest BCUT2D eigenvalue weighted by Gasteiger charge is 2.45. The second-order valence-electron chi connectivity index (χ2n) is 13.2. The molecule has 0 radical (unpaired) electrons. The van der Waals surface area contributed by atoms with Crippen LogP contribution in [0.3, 0.4) is 0 Å². The Hall–Kier alpha value is -0.130. The molecule has 0 aliphatic carbocycles. The van der Waals surface area contributed by atoms with Crippen LogP contribution in [-0.2, 0) is 18.9 Å². The third-order valence-electron chi connectivity index (χ3n) is 8.05. The van der Waals surface area contributed by atoms with Crippen molar-refractivity contribution in [3.8, 4) is 0 Å². The van der Waals surface area contributed by atoms with Crippen LogP contribution in [-0.4, -0.2) is 52.1 Å². The number of ether oxygens (including phenoxy) is 4. The molecular formula is C33H61F2IO5. The lowest BCUT2D eigenvalue weighted by molar-refractivity contribution is -0.150. The molecule has 0 amide bonds. The van der Waals surface area contributed by atoms with Crippen molar-refractivity contribution in [3.05, 3.63) is 23.8 Å². The smallest absolute Gasteiger partial charge is 0.163 e. The third kappa shape index (κ3) is 13.2. The lowest BCUT2D eigenvalue weighted by Crippen LogP contribution is -2.31. The Morgan fingerprint density at radius 2 is 1.05 bits per heavy atom. The minimum absolute atomic E-state index is 0. The van der Waals surface area contributed by atoms with Gasteiger partial charge in [-0.1, -0.05) is 85.4 Å². The van der Waals surface area contributed by atoms with Crippen molar-refractivity contribution in [2.45, 2.75) is 139 Å². The monoisotopic (exact) mass is 702 g/mol. The first kappa shape index (κ1) is 40.9. The third-order valence-corrected chi connectivity index (χ3v) is 8.68. The van der Waals surface area contributed by atoms with E-state index in [-0.39, 0.29) is 73.8 Å². The van der Waals surface area contributed by atoms with Gasteiger partial charge in [-0.3, -0.25) is 0 Å². The van der Waals surface area contributed by atoms with E-state index in [1.807, 2.05) is 48.5 Å². The highest BCUT2D eigenvalue weighted by Crippen LogP contribution is 2.38. The van der Waals surface area contributed by atoms with Crippen LogP contribution in [0.1, 0.15) is 103 Å². The number of aliphatic hydroxyl groups is 1. The fourth-order valence-corrected chi connectivity index (χ4v) is 5.37. The topological polar surface area (TPSA) is 57.2 Å². The average molecular weight is 703 g/mol. The minimum Gasteiger partial charge on any atom is -0.396 e. The lowest BCUT2D eigenvalue weighted by Gasteiger charge is -2.23. The van der Waals surface area contributed by atoms with Crippen molar-refractivity contribution >= 4 is 22.6 Å². The van der Waals surface area contributed by atoms with Gasteiger partial charge in [-0.15, -0.1) is 0 Å². The summed E-state index contributed by atoms with van der Waals surface area (Å²) in [6, 6.07) is 0. The minimum atomic E-state index is -0.720. The van der Waals surface area contributed by atoms with E-state index in [9.17, 15) is 8.78 Å². The Morgan fingerprint density at radius 1 is 0.707 bits per heavy atom. The first-order chi connectivity index (χ1) is 18.4. The molecule has 0 aromatic heterocycles. The fraction of sp³-hybridized carbons (Fsp3) is 0.879.